The van der Waals surface area contributed by atoms with E-state index in [0.717, 1.165) is 24.3 Å². The minimum atomic E-state index is -0.162. The maximum atomic E-state index is 11.6. The number of nitrogens with zero attached hydrogens (tertiary/aromatic N) is 1. The van der Waals surface area contributed by atoms with Gasteiger partial charge in [0.1, 0.15) is 23.3 Å². The number of hydrogen-bond donors (Lipinski definition) is 0. The first-order chi connectivity index (χ1) is 7.84. The highest BCUT2D eigenvalue weighted by molar-refractivity contribution is 5.88. The fraction of sp³-hybridized carbons (Fsp3) is 0.385. The number of carbonyl (C=O) groups is 1. The molecule has 0 saturated heterocycles. The summed E-state index contributed by atoms with van der Waals surface area (Å²) < 4.78 is 5.82. The highest BCUT2D eigenvalue weighted by Crippen LogP contribution is 2.34. The summed E-state index contributed by atoms with van der Waals surface area (Å²) >= 11 is 0. The molecule has 0 aromatic heterocycles. The minimum Gasteiger partial charge on any atom is -0.482 e. The molecular formula is C13H13NO2. The van der Waals surface area contributed by atoms with E-state index in [4.69, 9.17) is 4.74 Å². The van der Waals surface area contributed by atoms with Gasteiger partial charge in [-0.05, 0) is 25.0 Å². The van der Waals surface area contributed by atoms with E-state index < -0.39 is 0 Å². The van der Waals surface area contributed by atoms with Crippen molar-refractivity contribution in [2.24, 2.45) is 10.9 Å². The lowest BCUT2D eigenvalue weighted by Gasteiger charge is -2.24. The van der Waals surface area contributed by atoms with Crippen LogP contribution in [-0.4, -0.2) is 18.1 Å². The molecule has 3 heteroatoms. The quantitative estimate of drug-likeness (QED) is 0.722. The average molecular weight is 215 g/mol. The molecule has 2 atom stereocenters. The summed E-state index contributed by atoms with van der Waals surface area (Å²) in [5, 5.41) is 0. The van der Waals surface area contributed by atoms with Gasteiger partial charge in [0, 0.05) is 12.6 Å². The third kappa shape index (κ3) is 1.52. The van der Waals surface area contributed by atoms with Crippen molar-refractivity contribution in [1.29, 1.82) is 0 Å². The van der Waals surface area contributed by atoms with Crippen LogP contribution >= 0.6 is 0 Å². The maximum absolute atomic E-state index is 11.6. The Hall–Kier alpha value is -1.64. The Kier molecular flexibility index (Phi) is 2.24. The zero-order chi connectivity index (χ0) is 11.0. The zero-order valence-corrected chi connectivity index (χ0v) is 8.93. The Balaban J connectivity index is 1.85. The largest absolute Gasteiger partial charge is 0.482 e. The highest BCUT2D eigenvalue weighted by Gasteiger charge is 2.34. The third-order valence-electron chi connectivity index (χ3n) is 3.24. The number of Topliss-reactive ketones (excluding diaryl/α,β-unsaturated/α-hetero) is 1. The number of ketones is 1. The number of rotatable bonds is 1. The SMILES string of the molecule is O=C1CCCC1C1C=Nc2ccccc2O1. The van der Waals surface area contributed by atoms with Gasteiger partial charge in [-0.2, -0.15) is 0 Å². The fourth-order valence-electron chi connectivity index (χ4n) is 2.37. The molecule has 16 heavy (non-hydrogen) atoms. The van der Waals surface area contributed by atoms with Crippen molar-refractivity contribution >= 4 is 17.7 Å². The van der Waals surface area contributed by atoms with Crippen LogP contribution in [-0.2, 0) is 4.79 Å². The predicted octanol–water partition coefficient (Wildman–Crippen LogP) is 2.52. The number of carbonyl (C=O) groups excluding carboxylic acids is 1. The van der Waals surface area contributed by atoms with E-state index in [1.807, 2.05) is 24.3 Å². The molecule has 1 aliphatic heterocycles. The monoisotopic (exact) mass is 215 g/mol. The van der Waals surface area contributed by atoms with Crippen LogP contribution in [0.5, 0.6) is 5.75 Å². The van der Waals surface area contributed by atoms with Crippen LogP contribution in [0.25, 0.3) is 0 Å². The van der Waals surface area contributed by atoms with Crippen molar-refractivity contribution in [3.8, 4) is 5.75 Å². The van der Waals surface area contributed by atoms with E-state index in [9.17, 15) is 4.79 Å². The van der Waals surface area contributed by atoms with Gasteiger partial charge >= 0.3 is 0 Å². The van der Waals surface area contributed by atoms with E-state index in [2.05, 4.69) is 4.99 Å². The van der Waals surface area contributed by atoms with Crippen LogP contribution < -0.4 is 4.74 Å². The lowest BCUT2D eigenvalue weighted by atomic mass is 10.00. The predicted molar refractivity (Wildman–Crippen MR) is 61.4 cm³/mol. The average Bonchev–Trinajstić information content (AvgIpc) is 2.75. The number of fused-ring (bicyclic) bond motifs is 1. The normalized spacial score (nSPS) is 27.6. The first-order valence-corrected chi connectivity index (χ1v) is 5.67. The zero-order valence-electron chi connectivity index (χ0n) is 8.93. The van der Waals surface area contributed by atoms with Crippen molar-refractivity contribution in [3.05, 3.63) is 24.3 Å². The van der Waals surface area contributed by atoms with Crippen LogP contribution in [0.4, 0.5) is 5.69 Å². The van der Waals surface area contributed by atoms with Gasteiger partial charge in [0.2, 0.25) is 0 Å². The Morgan fingerprint density at radius 2 is 2.19 bits per heavy atom. The van der Waals surface area contributed by atoms with E-state index in [1.165, 1.54) is 0 Å². The molecule has 3 rings (SSSR count). The van der Waals surface area contributed by atoms with Gasteiger partial charge < -0.3 is 4.74 Å². The lowest BCUT2D eigenvalue weighted by molar-refractivity contribution is -0.122. The van der Waals surface area contributed by atoms with Crippen LogP contribution in [0.2, 0.25) is 0 Å². The molecular weight excluding hydrogens is 202 g/mol. The van der Waals surface area contributed by atoms with Crippen molar-refractivity contribution in [2.75, 3.05) is 0 Å². The molecule has 0 radical (unpaired) electrons. The number of ether oxygens (including phenoxy) is 1. The molecule has 2 aliphatic rings. The molecule has 1 aromatic rings. The molecule has 1 saturated carbocycles. The highest BCUT2D eigenvalue weighted by atomic mass is 16.5. The van der Waals surface area contributed by atoms with E-state index in [-0.39, 0.29) is 12.0 Å². The minimum absolute atomic E-state index is 0.0112. The Morgan fingerprint density at radius 1 is 1.31 bits per heavy atom. The third-order valence-corrected chi connectivity index (χ3v) is 3.24. The Morgan fingerprint density at radius 3 is 3.00 bits per heavy atom. The topological polar surface area (TPSA) is 38.7 Å². The molecule has 3 nitrogen and oxygen atoms in total. The van der Waals surface area contributed by atoms with Gasteiger partial charge in [-0.3, -0.25) is 9.79 Å². The molecule has 1 aliphatic carbocycles. The summed E-state index contributed by atoms with van der Waals surface area (Å²) in [4.78, 5) is 16.0. The van der Waals surface area contributed by atoms with Crippen molar-refractivity contribution in [2.45, 2.75) is 25.4 Å². The smallest absolute Gasteiger partial charge is 0.145 e. The summed E-state index contributed by atoms with van der Waals surface area (Å²) in [6.45, 7) is 0. The summed E-state index contributed by atoms with van der Waals surface area (Å²) in [5.74, 6) is 1.11. The van der Waals surface area contributed by atoms with Crippen LogP contribution in [0.3, 0.4) is 0 Å². The van der Waals surface area contributed by atoms with E-state index in [0.29, 0.717) is 12.2 Å². The standard InChI is InChI=1S/C13H13NO2/c15-11-6-3-4-9(11)13-8-14-10-5-1-2-7-12(10)16-13/h1-2,5,7-9,13H,3-4,6H2. The summed E-state index contributed by atoms with van der Waals surface area (Å²) in [6.07, 6.45) is 4.22. The van der Waals surface area contributed by atoms with Gasteiger partial charge in [0.05, 0.1) is 5.92 Å². The molecule has 1 heterocycles. The molecule has 1 aromatic carbocycles. The molecule has 82 valence electrons. The first-order valence-electron chi connectivity index (χ1n) is 5.67. The van der Waals surface area contributed by atoms with Gasteiger partial charge in [-0.1, -0.05) is 12.1 Å². The first kappa shape index (κ1) is 9.58. The van der Waals surface area contributed by atoms with Gasteiger partial charge in [0.25, 0.3) is 0 Å². The molecule has 2 unspecified atom stereocenters. The molecule has 0 bridgehead atoms. The molecule has 0 amide bonds. The number of hydrogen-bond acceptors (Lipinski definition) is 3. The van der Waals surface area contributed by atoms with Crippen molar-refractivity contribution in [1.82, 2.24) is 0 Å². The maximum Gasteiger partial charge on any atom is 0.145 e. The van der Waals surface area contributed by atoms with Crippen LogP contribution in [0, 0.1) is 5.92 Å². The van der Waals surface area contributed by atoms with E-state index in [1.54, 1.807) is 6.21 Å². The summed E-state index contributed by atoms with van der Waals surface area (Å²) in [7, 11) is 0. The van der Waals surface area contributed by atoms with Crippen LogP contribution in [0.15, 0.2) is 29.3 Å². The second kappa shape index (κ2) is 3.74. The second-order valence-electron chi connectivity index (χ2n) is 4.29. The molecule has 1 fully saturated rings. The second-order valence-corrected chi connectivity index (χ2v) is 4.29. The fourth-order valence-corrected chi connectivity index (χ4v) is 2.37. The summed E-state index contributed by atoms with van der Waals surface area (Å²) in [5.41, 5.74) is 0.851. The van der Waals surface area contributed by atoms with E-state index >= 15 is 0 Å². The van der Waals surface area contributed by atoms with Gasteiger partial charge in [-0.25, -0.2) is 0 Å². The Bertz CT molecular complexity index is 453. The van der Waals surface area contributed by atoms with Gasteiger partial charge in [-0.15, -0.1) is 0 Å². The number of aliphatic imine (C=N–C) groups is 1. The van der Waals surface area contributed by atoms with Gasteiger partial charge in [0.15, 0.2) is 0 Å². The molecule has 0 spiro atoms. The Labute approximate surface area is 94.1 Å². The molecule has 0 N–H and O–H groups in total. The number of benzene rings is 1. The number of para-hydroxylation sites is 2. The van der Waals surface area contributed by atoms with Crippen molar-refractivity contribution in [3.63, 3.8) is 0 Å². The van der Waals surface area contributed by atoms with Crippen LogP contribution in [0.1, 0.15) is 19.3 Å². The lowest BCUT2D eigenvalue weighted by Crippen LogP contribution is -2.32. The summed E-state index contributed by atoms with van der Waals surface area (Å²) in [6, 6.07) is 7.67. The van der Waals surface area contributed by atoms with Crippen molar-refractivity contribution < 1.29 is 9.53 Å².